The van der Waals surface area contributed by atoms with Crippen molar-refractivity contribution in [1.82, 2.24) is 19.9 Å². The van der Waals surface area contributed by atoms with Gasteiger partial charge in [-0.05, 0) is 32.3 Å². The fourth-order valence-corrected chi connectivity index (χ4v) is 3.60. The first-order valence-corrected chi connectivity index (χ1v) is 10.7. The second kappa shape index (κ2) is 9.60. The lowest BCUT2D eigenvalue weighted by Gasteiger charge is -2.43. The molecule has 168 valence electrons. The Hall–Kier alpha value is -2.74. The molecule has 1 amide bonds. The van der Waals surface area contributed by atoms with Crippen LogP contribution in [0.1, 0.15) is 40.2 Å². The molecule has 2 aromatic rings. The van der Waals surface area contributed by atoms with Gasteiger partial charge in [-0.1, -0.05) is 38.1 Å². The summed E-state index contributed by atoms with van der Waals surface area (Å²) in [4.78, 5) is 30.1. The van der Waals surface area contributed by atoms with E-state index in [1.54, 1.807) is 18.3 Å². The molecule has 1 unspecified atom stereocenters. The van der Waals surface area contributed by atoms with E-state index in [0.29, 0.717) is 43.9 Å². The van der Waals surface area contributed by atoms with E-state index in [4.69, 9.17) is 14.5 Å². The van der Waals surface area contributed by atoms with Crippen molar-refractivity contribution in [3.05, 3.63) is 36.2 Å². The molecule has 1 aromatic heterocycles. The number of hydrogen-bond acceptors (Lipinski definition) is 7. The normalized spacial score (nSPS) is 17.2. The number of ether oxygens (including phenoxy) is 2. The van der Waals surface area contributed by atoms with Crippen molar-refractivity contribution in [2.45, 2.75) is 52.9 Å². The number of amides is 1. The molecular weight excluding hydrogens is 394 g/mol. The third-order valence-corrected chi connectivity index (χ3v) is 5.18. The molecule has 31 heavy (non-hydrogen) atoms. The maximum Gasteiger partial charge on any atom is 0.410 e. The Morgan fingerprint density at radius 2 is 1.87 bits per heavy atom. The lowest BCUT2D eigenvalue weighted by molar-refractivity contribution is 0.0201. The maximum absolute atomic E-state index is 12.6. The van der Waals surface area contributed by atoms with Crippen LogP contribution in [0.4, 0.5) is 10.7 Å². The van der Waals surface area contributed by atoms with Crippen LogP contribution in [0.2, 0.25) is 0 Å². The average Bonchev–Trinajstić information content (AvgIpc) is 2.73. The second-order valence-electron chi connectivity index (χ2n) is 9.17. The van der Waals surface area contributed by atoms with Gasteiger partial charge in [0.15, 0.2) is 5.82 Å². The minimum Gasteiger partial charge on any atom is -0.444 e. The van der Waals surface area contributed by atoms with E-state index in [0.717, 1.165) is 11.1 Å². The number of nitrogens with zero attached hydrogens (tertiary/aromatic N) is 5. The number of hydrogen-bond donors (Lipinski definition) is 0. The average molecular weight is 428 g/mol. The number of rotatable bonds is 5. The van der Waals surface area contributed by atoms with Crippen molar-refractivity contribution in [2.75, 3.05) is 31.6 Å². The highest BCUT2D eigenvalue weighted by atomic mass is 16.6. The highest BCUT2D eigenvalue weighted by molar-refractivity contribution is 5.68. The number of anilines is 1. The van der Waals surface area contributed by atoms with Crippen molar-refractivity contribution in [3.63, 3.8) is 0 Å². The van der Waals surface area contributed by atoms with E-state index < -0.39 is 5.60 Å². The van der Waals surface area contributed by atoms with Crippen LogP contribution in [0.25, 0.3) is 11.4 Å². The summed E-state index contributed by atoms with van der Waals surface area (Å²) in [5.41, 5.74) is 1.51. The topological polar surface area (TPSA) is 80.7 Å². The minimum atomic E-state index is -0.510. The van der Waals surface area contributed by atoms with Gasteiger partial charge in [-0.25, -0.2) is 14.8 Å². The molecular formula is C23H33N5O3. The first kappa shape index (κ1) is 22.9. The number of piperazine rings is 1. The van der Waals surface area contributed by atoms with Crippen LogP contribution in [0.5, 0.6) is 0 Å². The molecule has 1 aliphatic heterocycles. The first-order chi connectivity index (χ1) is 14.7. The van der Waals surface area contributed by atoms with E-state index in [1.807, 2.05) is 45.0 Å². The Labute approximate surface area is 184 Å². The molecule has 0 radical (unpaired) electrons. The van der Waals surface area contributed by atoms with Gasteiger partial charge >= 0.3 is 6.09 Å². The van der Waals surface area contributed by atoms with Crippen LogP contribution in [-0.2, 0) is 16.1 Å². The summed E-state index contributed by atoms with van der Waals surface area (Å²) in [5, 5.41) is 0. The Bertz CT molecular complexity index is 880. The largest absolute Gasteiger partial charge is 0.444 e. The van der Waals surface area contributed by atoms with Gasteiger partial charge in [0.1, 0.15) is 11.9 Å². The fourth-order valence-electron chi connectivity index (χ4n) is 3.60. The quantitative estimate of drug-likeness (QED) is 0.718. The number of aromatic nitrogens is 3. The molecule has 1 fully saturated rings. The predicted molar refractivity (Wildman–Crippen MR) is 120 cm³/mol. The summed E-state index contributed by atoms with van der Waals surface area (Å²) in [6.45, 7) is 12.3. The van der Waals surface area contributed by atoms with Crippen molar-refractivity contribution in [3.8, 4) is 11.4 Å². The van der Waals surface area contributed by atoms with Gasteiger partial charge in [0.05, 0.1) is 12.6 Å². The summed E-state index contributed by atoms with van der Waals surface area (Å²) >= 11 is 0. The predicted octanol–water partition coefficient (Wildman–Crippen LogP) is 3.77. The van der Waals surface area contributed by atoms with Crippen LogP contribution in [0.15, 0.2) is 30.6 Å². The second-order valence-corrected chi connectivity index (χ2v) is 9.17. The van der Waals surface area contributed by atoms with Gasteiger partial charge in [-0.2, -0.15) is 4.98 Å². The molecule has 0 aliphatic carbocycles. The third kappa shape index (κ3) is 5.91. The maximum atomic E-state index is 12.6. The van der Waals surface area contributed by atoms with Crippen LogP contribution >= 0.6 is 0 Å². The van der Waals surface area contributed by atoms with Crippen molar-refractivity contribution in [1.29, 1.82) is 0 Å². The Balaban J connectivity index is 1.79. The Morgan fingerprint density at radius 3 is 2.48 bits per heavy atom. The van der Waals surface area contributed by atoms with Gasteiger partial charge in [-0.15, -0.1) is 0 Å². The first-order valence-electron chi connectivity index (χ1n) is 10.7. The molecule has 3 rings (SSSR count). The highest BCUT2D eigenvalue weighted by Gasteiger charge is 2.34. The van der Waals surface area contributed by atoms with E-state index in [9.17, 15) is 4.79 Å². The molecule has 1 atom stereocenters. The highest BCUT2D eigenvalue weighted by Crippen LogP contribution is 2.25. The minimum absolute atomic E-state index is 0.0839. The number of methoxy groups -OCH3 is 1. The van der Waals surface area contributed by atoms with Crippen LogP contribution in [-0.4, -0.2) is 64.3 Å². The summed E-state index contributed by atoms with van der Waals surface area (Å²) < 4.78 is 10.7. The number of benzene rings is 1. The summed E-state index contributed by atoms with van der Waals surface area (Å²) in [6, 6.07) is 8.10. The Kier molecular flexibility index (Phi) is 7.10. The standard InChI is InChI=1S/C23H33N5O3/c1-16(2)19-13-27(22(29)31-23(3,4)5)11-12-28(19)21-25-15-24-20(26-21)18-9-7-17(8-10-18)14-30-6/h7-10,15-16,19H,11-14H2,1-6H3. The molecule has 0 bridgehead atoms. The number of carbonyl (C=O) groups excluding carboxylic acids is 1. The van der Waals surface area contributed by atoms with Gasteiger partial charge in [-0.3, -0.25) is 0 Å². The molecule has 0 N–H and O–H groups in total. The smallest absolute Gasteiger partial charge is 0.410 e. The lowest BCUT2D eigenvalue weighted by Crippen LogP contribution is -2.57. The van der Waals surface area contributed by atoms with Crippen LogP contribution in [0, 0.1) is 5.92 Å². The lowest BCUT2D eigenvalue weighted by atomic mass is 10.00. The molecule has 0 spiro atoms. The van der Waals surface area contributed by atoms with E-state index in [1.165, 1.54) is 0 Å². The van der Waals surface area contributed by atoms with Crippen molar-refractivity contribution in [2.24, 2.45) is 5.92 Å². The SMILES string of the molecule is COCc1ccc(-c2ncnc(N3CCN(C(=O)OC(C)(C)C)CC3C(C)C)n2)cc1. The third-order valence-electron chi connectivity index (χ3n) is 5.18. The molecule has 2 heterocycles. The van der Waals surface area contributed by atoms with Gasteiger partial charge < -0.3 is 19.3 Å². The molecule has 1 aliphatic rings. The summed E-state index contributed by atoms with van der Waals surface area (Å²) in [5.74, 6) is 1.57. The fraction of sp³-hybridized carbons (Fsp3) is 0.565. The number of carbonyl (C=O) groups is 1. The van der Waals surface area contributed by atoms with Crippen LogP contribution in [0.3, 0.4) is 0 Å². The zero-order valence-electron chi connectivity index (χ0n) is 19.3. The summed E-state index contributed by atoms with van der Waals surface area (Å²) in [6.07, 6.45) is 1.28. The zero-order chi connectivity index (χ0) is 22.6. The molecule has 1 aromatic carbocycles. The van der Waals surface area contributed by atoms with E-state index >= 15 is 0 Å². The van der Waals surface area contributed by atoms with Gasteiger partial charge in [0, 0.05) is 32.3 Å². The molecule has 1 saturated heterocycles. The summed E-state index contributed by atoms with van der Waals surface area (Å²) in [7, 11) is 1.68. The Morgan fingerprint density at radius 1 is 1.16 bits per heavy atom. The monoisotopic (exact) mass is 427 g/mol. The van der Waals surface area contributed by atoms with Gasteiger partial charge in [0.2, 0.25) is 5.95 Å². The molecule has 8 nitrogen and oxygen atoms in total. The molecule has 8 heteroatoms. The molecule has 0 saturated carbocycles. The van der Waals surface area contributed by atoms with Crippen LogP contribution < -0.4 is 4.90 Å². The van der Waals surface area contributed by atoms with Crippen molar-refractivity contribution < 1.29 is 14.3 Å². The van der Waals surface area contributed by atoms with E-state index in [-0.39, 0.29) is 12.1 Å². The van der Waals surface area contributed by atoms with Gasteiger partial charge in [0.25, 0.3) is 0 Å². The van der Waals surface area contributed by atoms with Crippen molar-refractivity contribution >= 4 is 12.0 Å². The van der Waals surface area contributed by atoms with E-state index in [2.05, 4.69) is 28.7 Å². The zero-order valence-corrected chi connectivity index (χ0v) is 19.3.